The molecule has 0 aromatic heterocycles. The van der Waals surface area contributed by atoms with Crippen molar-refractivity contribution in [2.24, 2.45) is 0 Å². The van der Waals surface area contributed by atoms with E-state index in [1.165, 1.54) is 4.90 Å². The van der Waals surface area contributed by atoms with Crippen molar-refractivity contribution in [1.82, 2.24) is 4.90 Å². The van der Waals surface area contributed by atoms with Gasteiger partial charge in [-0.2, -0.15) is 0 Å². The van der Waals surface area contributed by atoms with Gasteiger partial charge in [0.25, 0.3) is 0 Å². The van der Waals surface area contributed by atoms with E-state index in [1.54, 1.807) is 20.8 Å². The lowest BCUT2D eigenvalue weighted by atomic mass is 10.1. The van der Waals surface area contributed by atoms with Gasteiger partial charge >= 0.3 is 11.0 Å². The van der Waals surface area contributed by atoms with Crippen molar-refractivity contribution >= 4 is 15.9 Å². The van der Waals surface area contributed by atoms with Crippen LogP contribution < -0.4 is 0 Å². The standard InChI is InChI=1S/C10H16N2O4S/c1-9(2,3)16-8(13)12-6-10(7-12,11-4)17(5,14)15/h6-7H2,1-3,5H3. The Balaban J connectivity index is 2.69. The Kier molecular flexibility index (Phi) is 3.14. The molecular formula is C10H16N2O4S. The molecule has 1 aliphatic heterocycles. The van der Waals surface area contributed by atoms with Crippen molar-refractivity contribution in [3.8, 4) is 0 Å². The van der Waals surface area contributed by atoms with Gasteiger partial charge in [-0.3, -0.25) is 9.74 Å². The van der Waals surface area contributed by atoms with Gasteiger partial charge in [-0.15, -0.1) is 0 Å². The Hall–Kier alpha value is -1.29. The SMILES string of the molecule is [C-]#[N+]C1(S(C)(=O)=O)CN(C(=O)OC(C)(C)C)C1. The Morgan fingerprint density at radius 1 is 1.41 bits per heavy atom. The number of likely N-dealkylation sites (tertiary alicyclic amines) is 1. The first-order valence-electron chi connectivity index (χ1n) is 5.07. The van der Waals surface area contributed by atoms with Crippen LogP contribution in [0.2, 0.25) is 0 Å². The smallest absolute Gasteiger partial charge is 0.410 e. The van der Waals surface area contributed by atoms with E-state index < -0.39 is 26.4 Å². The van der Waals surface area contributed by atoms with E-state index in [9.17, 15) is 13.2 Å². The summed E-state index contributed by atoms with van der Waals surface area (Å²) in [6.45, 7) is 11.9. The highest BCUT2D eigenvalue weighted by Crippen LogP contribution is 2.31. The van der Waals surface area contributed by atoms with Gasteiger partial charge in [0.2, 0.25) is 9.84 Å². The third-order valence-corrected chi connectivity index (χ3v) is 4.15. The molecule has 7 heteroatoms. The van der Waals surface area contributed by atoms with E-state index in [4.69, 9.17) is 11.3 Å². The van der Waals surface area contributed by atoms with Crippen LogP contribution in [0.3, 0.4) is 0 Å². The van der Waals surface area contributed by atoms with Gasteiger partial charge in [0.15, 0.2) is 0 Å². The molecule has 0 unspecified atom stereocenters. The average Bonchev–Trinajstić information content (AvgIpc) is 1.95. The zero-order chi connectivity index (χ0) is 13.5. The normalized spacial score (nSPS) is 19.1. The van der Waals surface area contributed by atoms with Crippen molar-refractivity contribution in [3.63, 3.8) is 0 Å². The topological polar surface area (TPSA) is 68.0 Å². The van der Waals surface area contributed by atoms with Crippen LogP contribution in [-0.2, 0) is 14.6 Å². The Bertz CT molecular complexity index is 464. The maximum Gasteiger partial charge on any atom is 0.410 e. The zero-order valence-electron chi connectivity index (χ0n) is 10.3. The minimum atomic E-state index is -3.49. The van der Waals surface area contributed by atoms with Gasteiger partial charge in [0.05, 0.1) is 0 Å². The molecule has 17 heavy (non-hydrogen) atoms. The van der Waals surface area contributed by atoms with Crippen LogP contribution >= 0.6 is 0 Å². The van der Waals surface area contributed by atoms with Gasteiger partial charge < -0.3 is 4.74 Å². The van der Waals surface area contributed by atoms with E-state index in [0.29, 0.717) is 0 Å². The molecule has 0 aromatic rings. The van der Waals surface area contributed by atoms with Gasteiger partial charge in [-0.1, -0.05) is 0 Å². The second-order valence-electron chi connectivity index (χ2n) is 5.17. The van der Waals surface area contributed by atoms with Crippen LogP contribution in [0.1, 0.15) is 20.8 Å². The van der Waals surface area contributed by atoms with Crippen molar-refractivity contribution in [3.05, 3.63) is 11.4 Å². The molecular weight excluding hydrogens is 244 g/mol. The number of hydrogen-bond donors (Lipinski definition) is 0. The summed E-state index contributed by atoms with van der Waals surface area (Å²) >= 11 is 0. The molecule has 6 nitrogen and oxygen atoms in total. The molecule has 0 radical (unpaired) electrons. The molecule has 0 aliphatic carbocycles. The predicted octanol–water partition coefficient (Wildman–Crippen LogP) is 0.897. The number of rotatable bonds is 1. The molecule has 1 aliphatic rings. The molecule has 0 N–H and O–H groups in total. The van der Waals surface area contributed by atoms with E-state index in [2.05, 4.69) is 4.85 Å². The molecule has 0 aromatic carbocycles. The van der Waals surface area contributed by atoms with Gasteiger partial charge in [-0.05, 0) is 20.8 Å². The Morgan fingerprint density at radius 3 is 2.18 bits per heavy atom. The third-order valence-electron chi connectivity index (χ3n) is 2.42. The lowest BCUT2D eigenvalue weighted by Crippen LogP contribution is -2.65. The van der Waals surface area contributed by atoms with Crippen molar-refractivity contribution in [1.29, 1.82) is 0 Å². The van der Waals surface area contributed by atoms with Crippen LogP contribution in [0.4, 0.5) is 4.79 Å². The van der Waals surface area contributed by atoms with Gasteiger partial charge in [0, 0.05) is 6.26 Å². The summed E-state index contributed by atoms with van der Waals surface area (Å²) in [7, 11) is -3.49. The third kappa shape index (κ3) is 2.69. The molecule has 1 heterocycles. The fraction of sp³-hybridized carbons (Fsp3) is 0.800. The number of carbonyl (C=O) groups excluding carboxylic acids is 1. The fourth-order valence-corrected chi connectivity index (χ4v) is 2.34. The lowest BCUT2D eigenvalue weighted by molar-refractivity contribution is 0.00803. The van der Waals surface area contributed by atoms with Crippen LogP contribution in [0, 0.1) is 6.57 Å². The number of ether oxygens (including phenoxy) is 1. The van der Waals surface area contributed by atoms with Crippen molar-refractivity contribution in [2.75, 3.05) is 19.3 Å². The molecule has 0 spiro atoms. The van der Waals surface area contributed by atoms with E-state index in [-0.39, 0.29) is 13.1 Å². The summed E-state index contributed by atoms with van der Waals surface area (Å²) in [5, 5.41) is 0. The number of nitrogens with zero attached hydrogens (tertiary/aromatic N) is 2. The quantitative estimate of drug-likeness (QED) is 0.657. The monoisotopic (exact) mass is 260 g/mol. The molecule has 1 amide bonds. The number of amides is 1. The van der Waals surface area contributed by atoms with E-state index >= 15 is 0 Å². The minimum absolute atomic E-state index is 0.121. The first-order chi connectivity index (χ1) is 7.51. The summed E-state index contributed by atoms with van der Waals surface area (Å²) in [5.41, 5.74) is -0.626. The predicted molar refractivity (Wildman–Crippen MR) is 62.0 cm³/mol. The van der Waals surface area contributed by atoms with E-state index in [1.807, 2.05) is 0 Å². The van der Waals surface area contributed by atoms with Gasteiger partial charge in [-0.25, -0.2) is 19.8 Å². The number of carbonyl (C=O) groups is 1. The molecule has 0 atom stereocenters. The summed E-state index contributed by atoms with van der Waals surface area (Å²) in [5.74, 6) is 0. The van der Waals surface area contributed by atoms with Crippen LogP contribution in [0.25, 0.3) is 4.85 Å². The fourth-order valence-electron chi connectivity index (χ4n) is 1.39. The molecule has 1 fully saturated rings. The highest BCUT2D eigenvalue weighted by molar-refractivity contribution is 7.92. The van der Waals surface area contributed by atoms with Gasteiger partial charge in [0.1, 0.15) is 18.7 Å². The van der Waals surface area contributed by atoms with E-state index in [0.717, 1.165) is 6.26 Å². The molecule has 0 bridgehead atoms. The number of sulfone groups is 1. The summed E-state index contributed by atoms with van der Waals surface area (Å²) in [4.78, 5) is 14.5. The lowest BCUT2D eigenvalue weighted by Gasteiger charge is -2.39. The molecule has 0 saturated carbocycles. The Labute approximate surface area is 101 Å². The number of hydrogen-bond acceptors (Lipinski definition) is 4. The Morgan fingerprint density at radius 2 is 1.88 bits per heavy atom. The van der Waals surface area contributed by atoms with Crippen LogP contribution in [0.5, 0.6) is 0 Å². The average molecular weight is 260 g/mol. The largest absolute Gasteiger partial charge is 0.444 e. The minimum Gasteiger partial charge on any atom is -0.444 e. The van der Waals surface area contributed by atoms with Crippen LogP contribution in [0.15, 0.2) is 0 Å². The second-order valence-corrected chi connectivity index (χ2v) is 7.47. The summed E-state index contributed by atoms with van der Waals surface area (Å²) < 4.78 is 27.9. The first-order valence-corrected chi connectivity index (χ1v) is 6.96. The van der Waals surface area contributed by atoms with Crippen molar-refractivity contribution in [2.45, 2.75) is 31.2 Å². The highest BCUT2D eigenvalue weighted by atomic mass is 32.2. The maximum absolute atomic E-state index is 11.6. The first kappa shape index (κ1) is 13.8. The summed E-state index contributed by atoms with van der Waals surface area (Å²) in [6, 6.07) is 0. The second kappa shape index (κ2) is 3.88. The zero-order valence-corrected chi connectivity index (χ0v) is 11.2. The van der Waals surface area contributed by atoms with Crippen LogP contribution in [-0.4, -0.2) is 49.2 Å². The molecule has 96 valence electrons. The molecule has 1 rings (SSSR count). The summed E-state index contributed by atoms with van der Waals surface area (Å²) in [6.07, 6.45) is 0.428. The maximum atomic E-state index is 11.6. The molecule has 1 saturated heterocycles. The van der Waals surface area contributed by atoms with Crippen molar-refractivity contribution < 1.29 is 17.9 Å². The highest BCUT2D eigenvalue weighted by Gasteiger charge is 2.60.